The van der Waals surface area contributed by atoms with Gasteiger partial charge in [0.15, 0.2) is 6.10 Å². The van der Waals surface area contributed by atoms with Crippen LogP contribution in [0.2, 0.25) is 0 Å². The van der Waals surface area contributed by atoms with Crippen molar-refractivity contribution >= 4 is 5.91 Å². The SMILES string of the molecule is O=C(NCCc1ccccn1)[C@@H]1OCCN(C2CC2)[C@H]1c1ccccc1. The molecule has 1 aliphatic heterocycles. The highest BCUT2D eigenvalue weighted by Gasteiger charge is 2.43. The summed E-state index contributed by atoms with van der Waals surface area (Å²) >= 11 is 0. The van der Waals surface area contributed by atoms with Gasteiger partial charge in [-0.15, -0.1) is 0 Å². The number of aromatic nitrogens is 1. The minimum absolute atomic E-state index is 0.00713. The van der Waals surface area contributed by atoms with E-state index in [4.69, 9.17) is 4.74 Å². The molecule has 5 heteroatoms. The van der Waals surface area contributed by atoms with Gasteiger partial charge in [-0.3, -0.25) is 14.7 Å². The average molecular weight is 351 g/mol. The summed E-state index contributed by atoms with van der Waals surface area (Å²) in [5.41, 5.74) is 2.14. The Hall–Kier alpha value is -2.24. The van der Waals surface area contributed by atoms with E-state index in [9.17, 15) is 4.79 Å². The van der Waals surface area contributed by atoms with Gasteiger partial charge in [0.2, 0.25) is 0 Å². The molecule has 1 saturated heterocycles. The van der Waals surface area contributed by atoms with Crippen LogP contribution in [0.3, 0.4) is 0 Å². The second-order valence-electron chi connectivity index (χ2n) is 6.98. The molecule has 136 valence electrons. The minimum Gasteiger partial charge on any atom is -0.365 e. The third-order valence-corrected chi connectivity index (χ3v) is 5.11. The molecule has 0 bridgehead atoms. The molecule has 1 N–H and O–H groups in total. The van der Waals surface area contributed by atoms with E-state index in [-0.39, 0.29) is 11.9 Å². The molecule has 0 spiro atoms. The Balaban J connectivity index is 1.44. The summed E-state index contributed by atoms with van der Waals surface area (Å²) in [6.07, 6.45) is 4.48. The molecule has 2 aliphatic rings. The second kappa shape index (κ2) is 7.98. The molecule has 2 aromatic rings. The third-order valence-electron chi connectivity index (χ3n) is 5.11. The number of amides is 1. The van der Waals surface area contributed by atoms with Crippen LogP contribution in [0.4, 0.5) is 0 Å². The molecule has 1 amide bonds. The van der Waals surface area contributed by atoms with Crippen LogP contribution < -0.4 is 5.32 Å². The van der Waals surface area contributed by atoms with Crippen LogP contribution in [0.25, 0.3) is 0 Å². The molecule has 2 heterocycles. The van der Waals surface area contributed by atoms with E-state index in [0.717, 1.165) is 24.2 Å². The number of rotatable bonds is 6. The standard InChI is InChI=1S/C21H25N3O2/c25-21(23-13-11-17-8-4-5-12-22-17)20-19(16-6-2-1-3-7-16)24(14-15-26-20)18-9-10-18/h1-8,12,18-20H,9-11,13-15H2,(H,23,25)/t19-,20+/m0/s1. The number of benzene rings is 1. The number of nitrogens with zero attached hydrogens (tertiary/aromatic N) is 2. The van der Waals surface area contributed by atoms with Crippen molar-refractivity contribution in [1.82, 2.24) is 15.2 Å². The van der Waals surface area contributed by atoms with E-state index >= 15 is 0 Å². The van der Waals surface area contributed by atoms with Crippen molar-refractivity contribution in [3.8, 4) is 0 Å². The zero-order valence-corrected chi connectivity index (χ0v) is 14.9. The summed E-state index contributed by atoms with van der Waals surface area (Å²) in [7, 11) is 0. The summed E-state index contributed by atoms with van der Waals surface area (Å²) in [5.74, 6) is -0.0277. The van der Waals surface area contributed by atoms with Crippen molar-refractivity contribution in [3.63, 3.8) is 0 Å². The van der Waals surface area contributed by atoms with E-state index in [2.05, 4.69) is 27.3 Å². The van der Waals surface area contributed by atoms with Crippen LogP contribution in [0.1, 0.15) is 30.1 Å². The molecule has 1 aromatic heterocycles. The lowest BCUT2D eigenvalue weighted by atomic mass is 9.97. The van der Waals surface area contributed by atoms with Gasteiger partial charge in [-0.2, -0.15) is 0 Å². The minimum atomic E-state index is -0.463. The highest BCUT2D eigenvalue weighted by molar-refractivity contribution is 5.82. The van der Waals surface area contributed by atoms with Gasteiger partial charge >= 0.3 is 0 Å². The van der Waals surface area contributed by atoms with Gasteiger partial charge in [0.25, 0.3) is 5.91 Å². The highest BCUT2D eigenvalue weighted by atomic mass is 16.5. The van der Waals surface area contributed by atoms with Crippen molar-refractivity contribution in [2.45, 2.75) is 37.5 Å². The first-order chi connectivity index (χ1) is 12.8. The molecule has 2 atom stereocenters. The second-order valence-corrected chi connectivity index (χ2v) is 6.98. The number of hydrogen-bond donors (Lipinski definition) is 1. The molecule has 4 rings (SSSR count). The fourth-order valence-electron chi connectivity index (χ4n) is 3.70. The van der Waals surface area contributed by atoms with Crippen molar-refractivity contribution in [2.24, 2.45) is 0 Å². The van der Waals surface area contributed by atoms with Gasteiger partial charge in [0, 0.05) is 37.4 Å². The average Bonchev–Trinajstić information content (AvgIpc) is 3.54. The van der Waals surface area contributed by atoms with E-state index < -0.39 is 6.10 Å². The van der Waals surface area contributed by atoms with Gasteiger partial charge in [-0.05, 0) is 30.5 Å². The smallest absolute Gasteiger partial charge is 0.251 e. The molecule has 0 radical (unpaired) electrons. The van der Waals surface area contributed by atoms with Gasteiger partial charge in [0.1, 0.15) is 0 Å². The van der Waals surface area contributed by atoms with E-state index in [0.29, 0.717) is 19.2 Å². The fourth-order valence-corrected chi connectivity index (χ4v) is 3.70. The van der Waals surface area contributed by atoms with E-state index in [1.54, 1.807) is 6.20 Å². The van der Waals surface area contributed by atoms with Crippen LogP contribution in [-0.4, -0.2) is 47.6 Å². The number of nitrogens with one attached hydrogen (secondary N) is 1. The molecular weight excluding hydrogens is 326 g/mol. The zero-order chi connectivity index (χ0) is 17.8. The lowest BCUT2D eigenvalue weighted by Crippen LogP contribution is -2.52. The van der Waals surface area contributed by atoms with Gasteiger partial charge in [0.05, 0.1) is 12.6 Å². The molecular formula is C21H25N3O2. The predicted octanol–water partition coefficient (Wildman–Crippen LogP) is 2.34. The van der Waals surface area contributed by atoms with Crippen LogP contribution in [0, 0.1) is 0 Å². The first-order valence-electron chi connectivity index (χ1n) is 9.43. The molecule has 5 nitrogen and oxygen atoms in total. The largest absolute Gasteiger partial charge is 0.365 e. The van der Waals surface area contributed by atoms with Crippen molar-refractivity contribution in [1.29, 1.82) is 0 Å². The normalized spacial score (nSPS) is 23.5. The number of carbonyl (C=O) groups is 1. The Morgan fingerprint density at radius 3 is 2.69 bits per heavy atom. The highest BCUT2D eigenvalue weighted by Crippen LogP contribution is 2.38. The van der Waals surface area contributed by atoms with E-state index in [1.807, 2.05) is 36.4 Å². The van der Waals surface area contributed by atoms with E-state index in [1.165, 1.54) is 12.8 Å². The lowest BCUT2D eigenvalue weighted by molar-refractivity contribution is -0.146. The quantitative estimate of drug-likeness (QED) is 0.868. The Morgan fingerprint density at radius 2 is 1.96 bits per heavy atom. The zero-order valence-electron chi connectivity index (χ0n) is 14.9. The van der Waals surface area contributed by atoms with Gasteiger partial charge < -0.3 is 10.1 Å². The summed E-state index contributed by atoms with van der Waals surface area (Å²) in [4.78, 5) is 19.6. The van der Waals surface area contributed by atoms with Crippen molar-refractivity contribution < 1.29 is 9.53 Å². The van der Waals surface area contributed by atoms with Crippen LogP contribution in [0.5, 0.6) is 0 Å². The number of hydrogen-bond acceptors (Lipinski definition) is 4. The first-order valence-corrected chi connectivity index (χ1v) is 9.43. The van der Waals surface area contributed by atoms with Gasteiger partial charge in [-0.1, -0.05) is 36.4 Å². The Morgan fingerprint density at radius 1 is 1.15 bits per heavy atom. The number of morpholine rings is 1. The third kappa shape index (κ3) is 3.94. The van der Waals surface area contributed by atoms with Crippen molar-refractivity contribution in [2.75, 3.05) is 19.7 Å². The Kier molecular flexibility index (Phi) is 5.27. The Labute approximate surface area is 154 Å². The molecule has 1 aromatic carbocycles. The predicted molar refractivity (Wildman–Crippen MR) is 99.6 cm³/mol. The number of pyridine rings is 1. The number of carbonyl (C=O) groups excluding carboxylic acids is 1. The lowest BCUT2D eigenvalue weighted by Gasteiger charge is -2.41. The topological polar surface area (TPSA) is 54.5 Å². The number of ether oxygens (including phenoxy) is 1. The maximum Gasteiger partial charge on any atom is 0.251 e. The van der Waals surface area contributed by atoms with Crippen molar-refractivity contribution in [3.05, 3.63) is 66.0 Å². The Bertz CT molecular complexity index is 719. The molecule has 26 heavy (non-hydrogen) atoms. The fraction of sp³-hybridized carbons (Fsp3) is 0.429. The van der Waals surface area contributed by atoms with Crippen LogP contribution >= 0.6 is 0 Å². The summed E-state index contributed by atoms with van der Waals surface area (Å²) < 4.78 is 5.95. The summed E-state index contributed by atoms with van der Waals surface area (Å²) in [6.45, 7) is 2.07. The molecule has 1 saturated carbocycles. The maximum atomic E-state index is 12.9. The van der Waals surface area contributed by atoms with Gasteiger partial charge in [-0.25, -0.2) is 0 Å². The summed E-state index contributed by atoms with van der Waals surface area (Å²) in [6, 6.07) is 16.7. The van der Waals surface area contributed by atoms with Crippen LogP contribution in [-0.2, 0) is 16.0 Å². The molecule has 1 aliphatic carbocycles. The van der Waals surface area contributed by atoms with Crippen LogP contribution in [0.15, 0.2) is 54.7 Å². The maximum absolute atomic E-state index is 12.9. The summed E-state index contributed by atoms with van der Waals surface area (Å²) in [5, 5.41) is 3.05. The molecule has 0 unspecified atom stereocenters. The first kappa shape index (κ1) is 17.2. The monoisotopic (exact) mass is 351 g/mol. The molecule has 2 fully saturated rings.